The minimum atomic E-state index is -0.366. The number of benzene rings is 4. The topological polar surface area (TPSA) is 56.7 Å². The van der Waals surface area contributed by atoms with E-state index in [0.717, 1.165) is 39.2 Å². The van der Waals surface area contributed by atoms with Crippen LogP contribution in [0.5, 0.6) is 0 Å². The molecule has 0 spiro atoms. The molecule has 0 saturated heterocycles. The second-order valence-corrected chi connectivity index (χ2v) is 9.71. The van der Waals surface area contributed by atoms with E-state index in [-0.39, 0.29) is 25.9 Å². The second-order valence-electron chi connectivity index (χ2n) is 9.71. The van der Waals surface area contributed by atoms with Gasteiger partial charge in [-0.3, -0.25) is 9.37 Å². The zero-order valence-corrected chi connectivity index (χ0v) is 25.4. The van der Waals surface area contributed by atoms with Crippen LogP contribution in [0.3, 0.4) is 0 Å². The van der Waals surface area contributed by atoms with Crippen molar-refractivity contribution < 1.29 is 28.9 Å². The van der Waals surface area contributed by atoms with Gasteiger partial charge in [0.2, 0.25) is 0 Å². The maximum absolute atomic E-state index is 14.8. The first-order chi connectivity index (χ1) is 20.7. The van der Waals surface area contributed by atoms with E-state index < -0.39 is 0 Å². The summed E-state index contributed by atoms with van der Waals surface area (Å²) in [7, 11) is 0. The van der Waals surface area contributed by atoms with Gasteiger partial charge in [-0.15, -0.1) is 48.0 Å². The van der Waals surface area contributed by atoms with Gasteiger partial charge in [0.1, 0.15) is 5.58 Å². The summed E-state index contributed by atoms with van der Waals surface area (Å²) in [6, 6.07) is 42.4. The minimum absolute atomic E-state index is 0. The summed E-state index contributed by atoms with van der Waals surface area (Å²) in [4.78, 5) is 13.8. The molecule has 5 nitrogen and oxygen atoms in total. The number of fused-ring (bicyclic) bond motifs is 4. The molecule has 4 aromatic carbocycles. The number of nitrogens with zero attached hydrogens (tertiary/aromatic N) is 4. The first kappa shape index (κ1) is 28.2. The maximum atomic E-state index is 14.8. The normalized spacial score (nSPS) is 10.8. The SMILES string of the molecule is Cc1ccc2nc(-c3[c-]cc(F)c4c3oc3ccccc34)n(-c3ccccc3)c2n1.[Ir].[c-]1ccccc1-c1ccccn1. The third kappa shape index (κ3) is 5.36. The number of furan rings is 1. The van der Waals surface area contributed by atoms with Crippen molar-refractivity contribution >= 4 is 33.1 Å². The van der Waals surface area contributed by atoms with E-state index in [1.54, 1.807) is 6.20 Å². The fourth-order valence-electron chi connectivity index (χ4n) is 5.01. The van der Waals surface area contributed by atoms with E-state index in [0.29, 0.717) is 27.9 Å². The van der Waals surface area contributed by atoms with Crippen LogP contribution in [0.4, 0.5) is 4.39 Å². The molecule has 4 heterocycles. The molecule has 0 aliphatic carbocycles. The van der Waals surface area contributed by atoms with E-state index >= 15 is 0 Å². The van der Waals surface area contributed by atoms with Crippen molar-refractivity contribution in [2.75, 3.05) is 0 Å². The number of halogens is 1. The number of para-hydroxylation sites is 2. The molecule has 0 atom stereocenters. The molecule has 1 radical (unpaired) electrons. The molecule has 0 bridgehead atoms. The number of aromatic nitrogens is 4. The van der Waals surface area contributed by atoms with Crippen LogP contribution in [0.25, 0.3) is 61.4 Å². The predicted octanol–water partition coefficient (Wildman–Crippen LogP) is 8.78. The van der Waals surface area contributed by atoms with Crippen molar-refractivity contribution in [1.82, 2.24) is 19.5 Å². The summed E-state index contributed by atoms with van der Waals surface area (Å²) in [5, 5.41) is 1.17. The van der Waals surface area contributed by atoms with E-state index in [9.17, 15) is 4.39 Å². The average molecular weight is 739 g/mol. The van der Waals surface area contributed by atoms with Crippen molar-refractivity contribution in [3.05, 3.63) is 145 Å². The Hall–Kier alpha value is -4.97. The van der Waals surface area contributed by atoms with E-state index in [2.05, 4.69) is 17.1 Å². The number of aryl methyl sites for hydroxylation is 1. The number of hydrogen-bond donors (Lipinski definition) is 0. The van der Waals surface area contributed by atoms with E-state index in [1.807, 2.05) is 121 Å². The van der Waals surface area contributed by atoms with Crippen LogP contribution in [-0.4, -0.2) is 19.5 Å². The van der Waals surface area contributed by atoms with Crippen LogP contribution in [0, 0.1) is 24.9 Å². The molecule has 43 heavy (non-hydrogen) atoms. The van der Waals surface area contributed by atoms with Gasteiger partial charge in [-0.2, -0.15) is 0 Å². The van der Waals surface area contributed by atoms with Gasteiger partial charge >= 0.3 is 0 Å². The van der Waals surface area contributed by atoms with Crippen LogP contribution >= 0.6 is 0 Å². The molecule has 0 amide bonds. The summed E-state index contributed by atoms with van der Waals surface area (Å²) < 4.78 is 22.9. The number of rotatable bonds is 3. The number of imidazole rings is 1. The first-order valence-corrected chi connectivity index (χ1v) is 13.5. The zero-order valence-electron chi connectivity index (χ0n) is 23.0. The van der Waals surface area contributed by atoms with Gasteiger partial charge in [-0.1, -0.05) is 54.1 Å². The third-order valence-electron chi connectivity index (χ3n) is 6.94. The molecule has 8 rings (SSSR count). The van der Waals surface area contributed by atoms with E-state index in [1.165, 1.54) is 6.07 Å². The van der Waals surface area contributed by atoms with Crippen LogP contribution in [0.15, 0.2) is 126 Å². The van der Waals surface area contributed by atoms with Crippen molar-refractivity contribution in [2.45, 2.75) is 6.92 Å². The van der Waals surface area contributed by atoms with Gasteiger partial charge in [-0.25, -0.2) is 4.98 Å². The molecule has 0 unspecified atom stereocenters. The van der Waals surface area contributed by atoms with Crippen molar-refractivity contribution in [3.8, 4) is 28.3 Å². The molecule has 4 aromatic heterocycles. The average Bonchev–Trinajstić information content (AvgIpc) is 3.62. The van der Waals surface area contributed by atoms with Gasteiger partial charge in [0, 0.05) is 48.9 Å². The second kappa shape index (κ2) is 12.1. The smallest absolute Gasteiger partial charge is 0.155 e. The molecule has 7 heteroatoms. The summed E-state index contributed by atoms with van der Waals surface area (Å²) in [5.74, 6) is 0.244. The molecule has 0 fully saturated rings. The first-order valence-electron chi connectivity index (χ1n) is 13.5. The maximum Gasteiger partial charge on any atom is 0.155 e. The molecule has 8 aromatic rings. The summed E-state index contributed by atoms with van der Waals surface area (Å²) in [5.41, 5.74) is 6.96. The standard InChI is InChI=1S/C25H15FN3O.C11H8N.Ir/c1-15-11-14-20-25(27-15)29(16-7-3-2-4-8-16)24(28-20)18-12-13-19(26)22-17-9-5-6-10-21(17)30-23(18)22;1-2-6-10(7-3-1)11-8-4-5-9-12-11;/h2-11,13-14H,1H3;1-6,8-9H;/q2*-1;. The molecule has 0 N–H and O–H groups in total. The Balaban J connectivity index is 0.000000213. The Morgan fingerprint density at radius 2 is 1.58 bits per heavy atom. The van der Waals surface area contributed by atoms with Gasteiger partial charge in [0.15, 0.2) is 5.65 Å². The van der Waals surface area contributed by atoms with Crippen molar-refractivity contribution in [3.63, 3.8) is 0 Å². The summed E-state index contributed by atoms with van der Waals surface area (Å²) >= 11 is 0. The quantitative estimate of drug-likeness (QED) is 0.170. The Morgan fingerprint density at radius 3 is 2.37 bits per heavy atom. The number of pyridine rings is 2. The Labute approximate surface area is 261 Å². The van der Waals surface area contributed by atoms with Gasteiger partial charge in [-0.05, 0) is 54.4 Å². The van der Waals surface area contributed by atoms with Crippen molar-refractivity contribution in [2.24, 2.45) is 0 Å². The zero-order chi connectivity index (χ0) is 28.5. The third-order valence-corrected chi connectivity index (χ3v) is 6.94. The minimum Gasteiger partial charge on any atom is -0.500 e. The summed E-state index contributed by atoms with van der Waals surface area (Å²) in [6.07, 6.45) is 1.79. The molecule has 0 saturated carbocycles. The monoisotopic (exact) mass is 739 g/mol. The van der Waals surface area contributed by atoms with Gasteiger partial charge in [0.25, 0.3) is 0 Å². The van der Waals surface area contributed by atoms with Gasteiger partial charge < -0.3 is 14.0 Å². The fraction of sp³-hybridized carbons (Fsp3) is 0.0278. The molecule has 0 aliphatic rings. The predicted molar refractivity (Wildman–Crippen MR) is 164 cm³/mol. The van der Waals surface area contributed by atoms with Crippen LogP contribution in [-0.2, 0) is 20.1 Å². The van der Waals surface area contributed by atoms with Crippen LogP contribution in [0.2, 0.25) is 0 Å². The Kier molecular flexibility index (Phi) is 7.92. The Morgan fingerprint density at radius 1 is 0.791 bits per heavy atom. The Bertz CT molecular complexity index is 2120. The van der Waals surface area contributed by atoms with Crippen LogP contribution < -0.4 is 0 Å². The van der Waals surface area contributed by atoms with Crippen LogP contribution in [0.1, 0.15) is 5.69 Å². The summed E-state index contributed by atoms with van der Waals surface area (Å²) in [6.45, 7) is 1.95. The number of hydrogen-bond acceptors (Lipinski definition) is 4. The van der Waals surface area contributed by atoms with Crippen molar-refractivity contribution in [1.29, 1.82) is 0 Å². The largest absolute Gasteiger partial charge is 0.500 e. The fourth-order valence-corrected chi connectivity index (χ4v) is 5.01. The molecular weight excluding hydrogens is 716 g/mol. The molecule has 0 aliphatic heterocycles. The molecule has 211 valence electrons. The van der Waals surface area contributed by atoms with E-state index in [4.69, 9.17) is 14.4 Å². The van der Waals surface area contributed by atoms with Gasteiger partial charge in [0.05, 0.1) is 16.9 Å². The molecular formula is C36H23FIrN4O-2.